The van der Waals surface area contributed by atoms with Crippen LogP contribution in [0.4, 0.5) is 30.7 Å². The van der Waals surface area contributed by atoms with Gasteiger partial charge in [-0.2, -0.15) is 26.3 Å². The van der Waals surface area contributed by atoms with Gasteiger partial charge in [0.05, 0.1) is 48.1 Å². The Morgan fingerprint density at radius 1 is 0.902 bits per heavy atom. The zero-order valence-corrected chi connectivity index (χ0v) is 29.5. The van der Waals surface area contributed by atoms with Crippen molar-refractivity contribution in [2.75, 3.05) is 24.8 Å². The van der Waals surface area contributed by atoms with E-state index in [0.29, 0.717) is 24.3 Å². The molecule has 8 nitrogen and oxygen atoms in total. The van der Waals surface area contributed by atoms with Gasteiger partial charge in [0.25, 0.3) is 0 Å². The third kappa shape index (κ3) is 7.52. The Hall–Kier alpha value is -3.19. The Morgan fingerprint density at radius 2 is 1.55 bits per heavy atom. The van der Waals surface area contributed by atoms with Crippen molar-refractivity contribution in [2.45, 2.75) is 74.3 Å². The number of nitrogens with zero attached hydrogens (tertiary/aromatic N) is 5. The summed E-state index contributed by atoms with van der Waals surface area (Å²) in [6, 6.07) is 19.2. The largest absolute Gasteiger partial charge is 0.416 e. The number of piperidine rings is 1. The van der Waals surface area contributed by atoms with E-state index in [4.69, 9.17) is 14.2 Å². The Kier molecular flexibility index (Phi) is 11.1. The van der Waals surface area contributed by atoms with E-state index < -0.39 is 52.9 Å². The normalized spacial score (nSPS) is 24.6. The smallest absolute Gasteiger partial charge is 0.382 e. The monoisotopic (exact) mass is 833 g/mol. The van der Waals surface area contributed by atoms with Crippen LogP contribution in [0, 0.1) is 0 Å². The standard InChI is InChI=1S/C35H35F7IN5O3/c1-49-14-15-50-22-48-31(44-45-46-48)32(36)21-33(25-10-6-3-7-11-25)30(13-12-29(32)47(33)20-23-8-4-2-5-9-23)51-28(19-43)24-16-26(34(37,38)39)18-27(17-24)35(40,41)42/h2-11,16-18,28-30H,12-15,19-22H2,1H3/t28-,29-,30+,32-,33+/m0/s1. The number of rotatable bonds is 13. The zero-order valence-electron chi connectivity index (χ0n) is 27.4. The van der Waals surface area contributed by atoms with Crippen LogP contribution in [0.15, 0.2) is 78.9 Å². The van der Waals surface area contributed by atoms with E-state index in [1.165, 1.54) is 11.8 Å². The minimum absolute atomic E-state index is 0.0255. The molecule has 3 aromatic carbocycles. The third-order valence-corrected chi connectivity index (χ3v) is 10.4. The van der Waals surface area contributed by atoms with Gasteiger partial charge in [-0.25, -0.2) is 9.07 Å². The highest BCUT2D eigenvalue weighted by atomic mass is 127. The maximum absolute atomic E-state index is 18.2. The molecular weight excluding hydrogens is 798 g/mol. The Labute approximate surface area is 303 Å². The number of halogens is 8. The van der Waals surface area contributed by atoms with Crippen molar-refractivity contribution in [3.8, 4) is 0 Å². The molecule has 1 aromatic heterocycles. The second kappa shape index (κ2) is 15.0. The van der Waals surface area contributed by atoms with Gasteiger partial charge < -0.3 is 14.2 Å². The SMILES string of the molecule is COCCOCn1nnnc1[C@]1(F)C[C@@]2(c3ccccc3)[C@H](O[C@@H](CI)c3cc(C(F)(F)F)cc(C(F)(F)F)c3)CC[C@@H]1N2Cc1ccccc1. The van der Waals surface area contributed by atoms with E-state index in [9.17, 15) is 26.3 Å². The third-order valence-electron chi connectivity index (χ3n) is 9.65. The van der Waals surface area contributed by atoms with Crippen LogP contribution in [0.5, 0.6) is 0 Å². The van der Waals surface area contributed by atoms with Crippen LogP contribution < -0.4 is 0 Å². The van der Waals surface area contributed by atoms with Crippen molar-refractivity contribution >= 4 is 22.6 Å². The molecule has 3 heterocycles. The lowest BCUT2D eigenvalue weighted by molar-refractivity contribution is -0.144. The molecule has 2 fully saturated rings. The molecule has 2 aliphatic rings. The van der Waals surface area contributed by atoms with Gasteiger partial charge in [-0.05, 0) is 58.2 Å². The molecule has 0 spiro atoms. The molecule has 0 radical (unpaired) electrons. The van der Waals surface area contributed by atoms with Gasteiger partial charge in [-0.1, -0.05) is 83.3 Å². The number of alkyl halides is 8. The van der Waals surface area contributed by atoms with Gasteiger partial charge in [0, 0.05) is 24.5 Å². The van der Waals surface area contributed by atoms with Crippen LogP contribution in [-0.2, 0) is 51.0 Å². The first-order chi connectivity index (χ1) is 24.3. The van der Waals surface area contributed by atoms with Crippen molar-refractivity contribution in [2.24, 2.45) is 0 Å². The van der Waals surface area contributed by atoms with Crippen LogP contribution in [0.3, 0.4) is 0 Å². The van der Waals surface area contributed by atoms with Crippen molar-refractivity contribution < 1.29 is 44.9 Å². The highest BCUT2D eigenvalue weighted by Crippen LogP contribution is 2.61. The molecule has 5 atom stereocenters. The number of aromatic nitrogens is 4. The van der Waals surface area contributed by atoms with Crippen molar-refractivity contribution in [3.05, 3.63) is 113 Å². The second-order valence-electron chi connectivity index (χ2n) is 12.7. The van der Waals surface area contributed by atoms with Gasteiger partial charge >= 0.3 is 12.4 Å². The number of fused-ring (bicyclic) bond motifs is 2. The number of tetrazole rings is 1. The number of hydrogen-bond acceptors (Lipinski definition) is 7. The summed E-state index contributed by atoms with van der Waals surface area (Å²) in [6.07, 6.45) is -11.9. The Balaban J connectivity index is 1.47. The fourth-order valence-corrected chi connectivity index (χ4v) is 8.15. The van der Waals surface area contributed by atoms with Crippen molar-refractivity contribution in [3.63, 3.8) is 0 Å². The Morgan fingerprint density at radius 3 is 2.16 bits per heavy atom. The van der Waals surface area contributed by atoms with Gasteiger partial charge in [0.15, 0.2) is 11.5 Å². The van der Waals surface area contributed by atoms with E-state index in [1.54, 1.807) is 12.1 Å². The van der Waals surface area contributed by atoms with Gasteiger partial charge in [-0.15, -0.1) is 5.10 Å². The summed E-state index contributed by atoms with van der Waals surface area (Å²) in [6.45, 7) is 0.630. The van der Waals surface area contributed by atoms with Gasteiger partial charge in [0.2, 0.25) is 0 Å². The number of hydrogen-bond donors (Lipinski definition) is 0. The highest BCUT2D eigenvalue weighted by Gasteiger charge is 2.69. The highest BCUT2D eigenvalue weighted by molar-refractivity contribution is 14.1. The summed E-state index contributed by atoms with van der Waals surface area (Å²) in [5.74, 6) is -0.0560. The maximum Gasteiger partial charge on any atom is 0.416 e. The molecule has 0 unspecified atom stereocenters. The summed E-state index contributed by atoms with van der Waals surface area (Å²) in [5, 5.41) is 11.9. The molecule has 2 bridgehead atoms. The molecule has 6 rings (SSSR count). The summed E-state index contributed by atoms with van der Waals surface area (Å²) >= 11 is 1.90. The average Bonchev–Trinajstić information content (AvgIpc) is 3.65. The van der Waals surface area contributed by atoms with Crippen molar-refractivity contribution in [1.82, 2.24) is 25.1 Å². The first-order valence-electron chi connectivity index (χ1n) is 16.2. The van der Waals surface area contributed by atoms with Crippen LogP contribution >= 0.6 is 22.6 Å². The molecule has 0 N–H and O–H groups in total. The minimum Gasteiger partial charge on any atom is -0.382 e. The predicted molar refractivity (Wildman–Crippen MR) is 179 cm³/mol. The zero-order chi connectivity index (χ0) is 36.4. The van der Waals surface area contributed by atoms with E-state index in [0.717, 1.165) is 5.56 Å². The minimum atomic E-state index is -5.03. The number of methoxy groups -OCH3 is 1. The van der Waals surface area contributed by atoms with Gasteiger partial charge in [0.1, 0.15) is 6.73 Å². The first-order valence-corrected chi connectivity index (χ1v) is 17.7. The van der Waals surface area contributed by atoms with E-state index >= 15 is 4.39 Å². The maximum atomic E-state index is 18.2. The second-order valence-corrected chi connectivity index (χ2v) is 13.6. The molecule has 2 aliphatic heterocycles. The molecule has 274 valence electrons. The molecule has 4 aromatic rings. The van der Waals surface area contributed by atoms with Crippen LogP contribution in [-0.4, -0.2) is 62.0 Å². The van der Waals surface area contributed by atoms with Crippen LogP contribution in [0.2, 0.25) is 0 Å². The average molecular weight is 834 g/mol. The Bertz CT molecular complexity index is 1730. The topological polar surface area (TPSA) is 74.5 Å². The molecular formula is C35H35F7IN5O3. The van der Waals surface area contributed by atoms with Crippen LogP contribution in [0.1, 0.15) is 59.0 Å². The molecule has 51 heavy (non-hydrogen) atoms. The summed E-state index contributed by atoms with van der Waals surface area (Å²) < 4.78 is 120. The fourth-order valence-electron chi connectivity index (χ4n) is 7.44. The lowest BCUT2D eigenvalue weighted by atomic mass is 9.77. The van der Waals surface area contributed by atoms with Crippen molar-refractivity contribution in [1.29, 1.82) is 0 Å². The van der Waals surface area contributed by atoms with Gasteiger partial charge in [-0.3, -0.25) is 4.90 Å². The number of benzene rings is 3. The molecule has 0 aliphatic carbocycles. The first kappa shape index (κ1) is 37.6. The lowest BCUT2D eigenvalue weighted by Crippen LogP contribution is -2.57. The molecule has 0 saturated carbocycles. The summed E-state index contributed by atoms with van der Waals surface area (Å²) in [4.78, 5) is 2.01. The van der Waals surface area contributed by atoms with Crippen LogP contribution in [0.25, 0.3) is 0 Å². The fraction of sp³-hybridized carbons (Fsp3) is 0.457. The molecule has 16 heteroatoms. The van der Waals surface area contributed by atoms with E-state index in [1.807, 2.05) is 76.0 Å². The molecule has 0 amide bonds. The summed E-state index contributed by atoms with van der Waals surface area (Å²) in [5.41, 5.74) is -5.00. The summed E-state index contributed by atoms with van der Waals surface area (Å²) in [7, 11) is 1.52. The number of ether oxygens (including phenoxy) is 3. The quantitative estimate of drug-likeness (QED) is 0.0585. The lowest BCUT2D eigenvalue weighted by Gasteiger charge is -2.50. The van der Waals surface area contributed by atoms with E-state index in [-0.39, 0.29) is 61.0 Å². The predicted octanol–water partition coefficient (Wildman–Crippen LogP) is 8.02. The molecule has 2 saturated heterocycles. The van der Waals surface area contributed by atoms with E-state index in [2.05, 4.69) is 15.5 Å².